The lowest BCUT2D eigenvalue weighted by Crippen LogP contribution is -2.33. The molecule has 1 unspecified atom stereocenters. The maximum absolute atomic E-state index is 6.45. The first-order valence-electron chi connectivity index (χ1n) is 7.48. The van der Waals surface area contributed by atoms with Crippen molar-refractivity contribution in [3.05, 3.63) is 46.5 Å². The Balaban J connectivity index is 2.14. The van der Waals surface area contributed by atoms with E-state index in [1.807, 2.05) is 24.0 Å². The SMILES string of the molecule is CCNC(Cc1cccnc1)Cc1c(Cl)c(CC)nn1C. The summed E-state index contributed by atoms with van der Waals surface area (Å²) in [6, 6.07) is 4.42. The van der Waals surface area contributed by atoms with Gasteiger partial charge in [0, 0.05) is 31.9 Å². The largest absolute Gasteiger partial charge is 0.314 e. The molecule has 0 saturated heterocycles. The summed E-state index contributed by atoms with van der Waals surface area (Å²) < 4.78 is 1.91. The maximum atomic E-state index is 6.45. The van der Waals surface area contributed by atoms with Gasteiger partial charge in [-0.3, -0.25) is 9.67 Å². The summed E-state index contributed by atoms with van der Waals surface area (Å²) in [6.45, 7) is 5.13. The lowest BCUT2D eigenvalue weighted by Gasteiger charge is -2.18. The molecule has 0 bridgehead atoms. The van der Waals surface area contributed by atoms with Crippen LogP contribution >= 0.6 is 11.6 Å². The first-order valence-corrected chi connectivity index (χ1v) is 7.86. The molecule has 5 heteroatoms. The number of likely N-dealkylation sites (N-methyl/N-ethyl adjacent to an activating group) is 1. The predicted octanol–water partition coefficient (Wildman–Crippen LogP) is 2.79. The van der Waals surface area contributed by atoms with E-state index in [1.165, 1.54) is 5.56 Å². The van der Waals surface area contributed by atoms with Gasteiger partial charge in [-0.25, -0.2) is 0 Å². The average Bonchev–Trinajstić information content (AvgIpc) is 2.76. The van der Waals surface area contributed by atoms with E-state index in [1.54, 1.807) is 6.20 Å². The van der Waals surface area contributed by atoms with Crippen molar-refractivity contribution in [1.82, 2.24) is 20.1 Å². The van der Waals surface area contributed by atoms with E-state index in [2.05, 4.69) is 35.3 Å². The fourth-order valence-corrected chi connectivity index (χ4v) is 2.95. The second-order valence-electron chi connectivity index (χ2n) is 5.21. The second-order valence-corrected chi connectivity index (χ2v) is 5.59. The van der Waals surface area contributed by atoms with E-state index >= 15 is 0 Å². The number of nitrogens with zero attached hydrogens (tertiary/aromatic N) is 3. The predicted molar refractivity (Wildman–Crippen MR) is 86.7 cm³/mol. The van der Waals surface area contributed by atoms with Crippen LogP contribution in [0, 0.1) is 0 Å². The van der Waals surface area contributed by atoms with Crippen molar-refractivity contribution in [2.24, 2.45) is 7.05 Å². The number of aryl methyl sites for hydroxylation is 2. The zero-order valence-electron chi connectivity index (χ0n) is 12.9. The molecule has 4 nitrogen and oxygen atoms in total. The van der Waals surface area contributed by atoms with Crippen LogP contribution in [0.5, 0.6) is 0 Å². The molecule has 2 rings (SSSR count). The molecule has 0 amide bonds. The summed E-state index contributed by atoms with van der Waals surface area (Å²) in [5, 5.41) is 8.84. The zero-order chi connectivity index (χ0) is 15.2. The van der Waals surface area contributed by atoms with Crippen molar-refractivity contribution in [3.8, 4) is 0 Å². The zero-order valence-corrected chi connectivity index (χ0v) is 13.7. The van der Waals surface area contributed by atoms with Gasteiger partial charge in [-0.2, -0.15) is 5.10 Å². The normalized spacial score (nSPS) is 12.6. The lowest BCUT2D eigenvalue weighted by atomic mass is 10.0. The summed E-state index contributed by atoms with van der Waals surface area (Å²) in [4.78, 5) is 4.19. The minimum Gasteiger partial charge on any atom is -0.314 e. The summed E-state index contributed by atoms with van der Waals surface area (Å²) >= 11 is 6.45. The van der Waals surface area contributed by atoms with Gasteiger partial charge in [0.15, 0.2) is 0 Å². The van der Waals surface area contributed by atoms with E-state index < -0.39 is 0 Å². The summed E-state index contributed by atoms with van der Waals surface area (Å²) in [6.07, 6.45) is 6.39. The fourth-order valence-electron chi connectivity index (χ4n) is 2.58. The molecule has 0 aliphatic heterocycles. The number of halogens is 1. The minimum atomic E-state index is 0.330. The number of pyridine rings is 1. The molecule has 0 aliphatic carbocycles. The molecule has 0 saturated carbocycles. The van der Waals surface area contributed by atoms with Gasteiger partial charge in [0.05, 0.1) is 16.4 Å². The number of nitrogens with one attached hydrogen (secondary N) is 1. The van der Waals surface area contributed by atoms with Crippen LogP contribution in [-0.2, 0) is 26.3 Å². The number of hydrogen-bond donors (Lipinski definition) is 1. The van der Waals surface area contributed by atoms with Crippen molar-refractivity contribution in [1.29, 1.82) is 0 Å². The van der Waals surface area contributed by atoms with Crippen molar-refractivity contribution in [3.63, 3.8) is 0 Å². The third-order valence-electron chi connectivity index (χ3n) is 3.64. The average molecular weight is 307 g/mol. The van der Waals surface area contributed by atoms with Crippen LogP contribution in [-0.4, -0.2) is 27.4 Å². The van der Waals surface area contributed by atoms with E-state index in [0.29, 0.717) is 6.04 Å². The van der Waals surface area contributed by atoms with Crippen LogP contribution in [0.4, 0.5) is 0 Å². The molecule has 114 valence electrons. The van der Waals surface area contributed by atoms with Gasteiger partial charge in [-0.05, 0) is 31.0 Å². The number of aromatic nitrogens is 3. The molecule has 0 aliphatic rings. The molecule has 0 radical (unpaired) electrons. The summed E-state index contributed by atoms with van der Waals surface area (Å²) in [5.74, 6) is 0. The molecule has 0 fully saturated rings. The van der Waals surface area contributed by atoms with Crippen molar-refractivity contribution >= 4 is 11.6 Å². The Hall–Kier alpha value is -1.39. The van der Waals surface area contributed by atoms with Gasteiger partial charge in [0.1, 0.15) is 0 Å². The topological polar surface area (TPSA) is 42.7 Å². The van der Waals surface area contributed by atoms with Crippen molar-refractivity contribution < 1.29 is 0 Å². The molecule has 2 aromatic heterocycles. The third-order valence-corrected chi connectivity index (χ3v) is 4.08. The third kappa shape index (κ3) is 4.05. The van der Waals surface area contributed by atoms with Gasteiger partial charge in [0.2, 0.25) is 0 Å². The van der Waals surface area contributed by atoms with Crippen LogP contribution < -0.4 is 5.32 Å². The number of hydrogen-bond acceptors (Lipinski definition) is 3. The van der Waals surface area contributed by atoms with Gasteiger partial charge >= 0.3 is 0 Å². The van der Waals surface area contributed by atoms with Gasteiger partial charge in [0.25, 0.3) is 0 Å². The van der Waals surface area contributed by atoms with Crippen LogP contribution in [0.25, 0.3) is 0 Å². The van der Waals surface area contributed by atoms with E-state index in [4.69, 9.17) is 11.6 Å². The Morgan fingerprint density at radius 2 is 2.14 bits per heavy atom. The summed E-state index contributed by atoms with van der Waals surface area (Å²) in [5.41, 5.74) is 3.31. The number of rotatable bonds is 7. The van der Waals surface area contributed by atoms with Crippen molar-refractivity contribution in [2.75, 3.05) is 6.54 Å². The molecule has 2 heterocycles. The Labute approximate surface area is 131 Å². The minimum absolute atomic E-state index is 0.330. The van der Waals surface area contributed by atoms with Crippen LogP contribution in [0.15, 0.2) is 24.5 Å². The summed E-state index contributed by atoms with van der Waals surface area (Å²) in [7, 11) is 1.97. The van der Waals surface area contributed by atoms with Crippen LogP contribution in [0.2, 0.25) is 5.02 Å². The van der Waals surface area contributed by atoms with Gasteiger partial charge < -0.3 is 5.32 Å². The molecule has 0 spiro atoms. The molecular weight excluding hydrogens is 284 g/mol. The quantitative estimate of drug-likeness (QED) is 0.855. The first-order chi connectivity index (χ1) is 10.2. The van der Waals surface area contributed by atoms with E-state index in [9.17, 15) is 0 Å². The highest BCUT2D eigenvalue weighted by atomic mass is 35.5. The van der Waals surface area contributed by atoms with E-state index in [-0.39, 0.29) is 0 Å². The molecule has 0 aromatic carbocycles. The molecule has 21 heavy (non-hydrogen) atoms. The van der Waals surface area contributed by atoms with Crippen molar-refractivity contribution in [2.45, 2.75) is 39.2 Å². The van der Waals surface area contributed by atoms with Crippen LogP contribution in [0.1, 0.15) is 30.8 Å². The highest BCUT2D eigenvalue weighted by molar-refractivity contribution is 6.31. The monoisotopic (exact) mass is 306 g/mol. The Morgan fingerprint density at radius 3 is 2.71 bits per heavy atom. The maximum Gasteiger partial charge on any atom is 0.0850 e. The highest BCUT2D eigenvalue weighted by Crippen LogP contribution is 2.22. The Morgan fingerprint density at radius 1 is 1.33 bits per heavy atom. The highest BCUT2D eigenvalue weighted by Gasteiger charge is 2.18. The Kier molecular flexibility index (Phi) is 5.76. The van der Waals surface area contributed by atoms with Gasteiger partial charge in [-0.15, -0.1) is 0 Å². The molecular formula is C16H23ClN4. The lowest BCUT2D eigenvalue weighted by molar-refractivity contribution is 0.504. The first kappa shape index (κ1) is 16.0. The Bertz CT molecular complexity index is 565. The molecule has 1 atom stereocenters. The standard InChI is InChI=1S/C16H23ClN4/c1-4-14-16(17)15(21(3)20-14)10-13(19-5-2)9-12-7-6-8-18-11-12/h6-8,11,13,19H,4-5,9-10H2,1-3H3. The second kappa shape index (κ2) is 7.57. The smallest absolute Gasteiger partial charge is 0.0850 e. The fraction of sp³-hybridized carbons (Fsp3) is 0.500. The molecule has 1 N–H and O–H groups in total. The van der Waals surface area contributed by atoms with E-state index in [0.717, 1.165) is 42.2 Å². The molecule has 2 aromatic rings. The van der Waals surface area contributed by atoms with Gasteiger partial charge in [-0.1, -0.05) is 31.5 Å². The van der Waals surface area contributed by atoms with Crippen LogP contribution in [0.3, 0.4) is 0 Å².